The van der Waals surface area contributed by atoms with E-state index >= 15 is 0 Å². The lowest BCUT2D eigenvalue weighted by molar-refractivity contribution is -0.118. The summed E-state index contributed by atoms with van der Waals surface area (Å²) >= 11 is 0. The molecule has 1 aliphatic rings. The smallest absolute Gasteiger partial charge is 0.228 e. The first-order valence-electron chi connectivity index (χ1n) is 5.96. The SMILES string of the molecule is CCCCN1C(=O)CCNc2ccccc21. The van der Waals surface area contributed by atoms with Crippen molar-refractivity contribution in [2.75, 3.05) is 23.3 Å². The first-order chi connectivity index (χ1) is 7.83. The average molecular weight is 218 g/mol. The highest BCUT2D eigenvalue weighted by Crippen LogP contribution is 2.28. The fourth-order valence-corrected chi connectivity index (χ4v) is 1.99. The fourth-order valence-electron chi connectivity index (χ4n) is 1.99. The third-order valence-electron chi connectivity index (χ3n) is 2.89. The van der Waals surface area contributed by atoms with Crippen LogP contribution in [0.5, 0.6) is 0 Å². The molecule has 0 radical (unpaired) electrons. The number of amides is 1. The average Bonchev–Trinajstić information content (AvgIpc) is 2.46. The van der Waals surface area contributed by atoms with Gasteiger partial charge in [0, 0.05) is 19.5 Å². The first-order valence-corrected chi connectivity index (χ1v) is 5.96. The second-order valence-electron chi connectivity index (χ2n) is 4.09. The van der Waals surface area contributed by atoms with Gasteiger partial charge < -0.3 is 10.2 Å². The van der Waals surface area contributed by atoms with Gasteiger partial charge >= 0.3 is 0 Å². The largest absolute Gasteiger partial charge is 0.383 e. The summed E-state index contributed by atoms with van der Waals surface area (Å²) in [7, 11) is 0. The van der Waals surface area contributed by atoms with Crippen molar-refractivity contribution in [1.82, 2.24) is 0 Å². The van der Waals surface area contributed by atoms with Crippen LogP contribution in [0.25, 0.3) is 0 Å². The number of carbonyl (C=O) groups excluding carboxylic acids is 1. The molecule has 0 spiro atoms. The summed E-state index contributed by atoms with van der Waals surface area (Å²) in [6.45, 7) is 3.71. The summed E-state index contributed by atoms with van der Waals surface area (Å²) in [6.07, 6.45) is 2.75. The summed E-state index contributed by atoms with van der Waals surface area (Å²) in [4.78, 5) is 13.9. The van der Waals surface area contributed by atoms with Crippen LogP contribution in [-0.4, -0.2) is 19.0 Å². The molecule has 1 amide bonds. The highest BCUT2D eigenvalue weighted by molar-refractivity contribution is 5.98. The maximum Gasteiger partial charge on any atom is 0.228 e. The zero-order valence-electron chi connectivity index (χ0n) is 9.70. The molecule has 86 valence electrons. The van der Waals surface area contributed by atoms with Crippen molar-refractivity contribution < 1.29 is 4.79 Å². The molecule has 1 aromatic carbocycles. The van der Waals surface area contributed by atoms with Crippen molar-refractivity contribution in [1.29, 1.82) is 0 Å². The predicted octanol–water partition coefficient (Wildman–Crippen LogP) is 2.64. The van der Waals surface area contributed by atoms with Crippen molar-refractivity contribution in [3.8, 4) is 0 Å². The van der Waals surface area contributed by atoms with E-state index in [1.54, 1.807) is 0 Å². The summed E-state index contributed by atoms with van der Waals surface area (Å²) in [5.74, 6) is 0.228. The lowest BCUT2D eigenvalue weighted by Crippen LogP contribution is -2.31. The molecule has 2 rings (SSSR count). The summed E-state index contributed by atoms with van der Waals surface area (Å²) in [6, 6.07) is 8.03. The molecule has 0 fully saturated rings. The Morgan fingerprint density at radius 2 is 2.19 bits per heavy atom. The number of unbranched alkanes of at least 4 members (excludes halogenated alkanes) is 1. The van der Waals surface area contributed by atoms with Crippen LogP contribution in [0.3, 0.4) is 0 Å². The highest BCUT2D eigenvalue weighted by atomic mass is 16.2. The molecule has 1 aliphatic heterocycles. The van der Waals surface area contributed by atoms with Crippen LogP contribution < -0.4 is 10.2 Å². The molecule has 0 atom stereocenters. The van der Waals surface area contributed by atoms with E-state index in [2.05, 4.69) is 12.2 Å². The van der Waals surface area contributed by atoms with Crippen molar-refractivity contribution in [2.45, 2.75) is 26.2 Å². The Hall–Kier alpha value is -1.51. The van der Waals surface area contributed by atoms with Crippen LogP contribution in [0.2, 0.25) is 0 Å². The number of nitrogens with zero attached hydrogens (tertiary/aromatic N) is 1. The van der Waals surface area contributed by atoms with Crippen molar-refractivity contribution in [2.24, 2.45) is 0 Å². The molecule has 1 N–H and O–H groups in total. The molecule has 0 aromatic heterocycles. The Balaban J connectivity index is 2.28. The molecule has 0 bridgehead atoms. The third-order valence-corrected chi connectivity index (χ3v) is 2.89. The zero-order chi connectivity index (χ0) is 11.4. The second-order valence-corrected chi connectivity index (χ2v) is 4.09. The van der Waals surface area contributed by atoms with Crippen LogP contribution >= 0.6 is 0 Å². The molecular formula is C13H18N2O. The second kappa shape index (κ2) is 5.01. The van der Waals surface area contributed by atoms with Crippen LogP contribution in [0.15, 0.2) is 24.3 Å². The number of anilines is 2. The van der Waals surface area contributed by atoms with E-state index in [1.165, 1.54) is 0 Å². The molecule has 0 saturated carbocycles. The van der Waals surface area contributed by atoms with Gasteiger partial charge in [-0.05, 0) is 18.6 Å². The van der Waals surface area contributed by atoms with Crippen LogP contribution in [0.4, 0.5) is 11.4 Å². The standard InChI is InChI=1S/C13H18N2O/c1-2-3-10-15-12-7-5-4-6-11(12)14-9-8-13(15)16/h4-7,14H,2-3,8-10H2,1H3. The number of hydrogen-bond donors (Lipinski definition) is 1. The zero-order valence-corrected chi connectivity index (χ0v) is 9.70. The van der Waals surface area contributed by atoms with Gasteiger partial charge in [0.1, 0.15) is 0 Å². The number of benzene rings is 1. The predicted molar refractivity (Wildman–Crippen MR) is 66.8 cm³/mol. The number of fused-ring (bicyclic) bond motifs is 1. The van der Waals surface area contributed by atoms with Gasteiger partial charge in [0.25, 0.3) is 0 Å². The van der Waals surface area contributed by atoms with E-state index in [-0.39, 0.29) is 5.91 Å². The number of rotatable bonds is 3. The number of hydrogen-bond acceptors (Lipinski definition) is 2. The number of carbonyl (C=O) groups is 1. The minimum Gasteiger partial charge on any atom is -0.383 e. The Labute approximate surface area is 96.5 Å². The van der Waals surface area contributed by atoms with Gasteiger partial charge in [-0.25, -0.2) is 0 Å². The van der Waals surface area contributed by atoms with E-state index in [0.717, 1.165) is 37.3 Å². The molecule has 16 heavy (non-hydrogen) atoms. The molecule has 0 saturated heterocycles. The van der Waals surface area contributed by atoms with Crippen molar-refractivity contribution in [3.05, 3.63) is 24.3 Å². The number of nitrogens with one attached hydrogen (secondary N) is 1. The minimum absolute atomic E-state index is 0.228. The minimum atomic E-state index is 0.228. The Bertz CT molecular complexity index is 376. The highest BCUT2D eigenvalue weighted by Gasteiger charge is 2.20. The van der Waals surface area contributed by atoms with E-state index in [9.17, 15) is 4.79 Å². The first kappa shape index (κ1) is 11.0. The van der Waals surface area contributed by atoms with E-state index < -0.39 is 0 Å². The van der Waals surface area contributed by atoms with E-state index in [1.807, 2.05) is 29.2 Å². The molecular weight excluding hydrogens is 200 g/mol. The third kappa shape index (κ3) is 2.18. The topological polar surface area (TPSA) is 32.3 Å². The van der Waals surface area contributed by atoms with Crippen molar-refractivity contribution >= 4 is 17.3 Å². The van der Waals surface area contributed by atoms with Crippen LogP contribution in [0.1, 0.15) is 26.2 Å². The van der Waals surface area contributed by atoms with Gasteiger partial charge in [0.2, 0.25) is 5.91 Å². The quantitative estimate of drug-likeness (QED) is 0.845. The van der Waals surface area contributed by atoms with Crippen LogP contribution in [0, 0.1) is 0 Å². The fraction of sp³-hybridized carbons (Fsp3) is 0.462. The summed E-state index contributed by atoms with van der Waals surface area (Å²) < 4.78 is 0. The molecule has 3 nitrogen and oxygen atoms in total. The van der Waals surface area contributed by atoms with Crippen LogP contribution in [-0.2, 0) is 4.79 Å². The van der Waals surface area contributed by atoms with E-state index in [0.29, 0.717) is 6.42 Å². The normalized spacial score (nSPS) is 15.3. The maximum absolute atomic E-state index is 12.0. The monoisotopic (exact) mass is 218 g/mol. The molecule has 3 heteroatoms. The summed E-state index contributed by atoms with van der Waals surface area (Å²) in [5.41, 5.74) is 2.10. The summed E-state index contributed by atoms with van der Waals surface area (Å²) in [5, 5.41) is 3.30. The molecule has 1 heterocycles. The van der Waals surface area contributed by atoms with Gasteiger partial charge in [-0.15, -0.1) is 0 Å². The number of para-hydroxylation sites is 2. The molecule has 0 unspecified atom stereocenters. The van der Waals surface area contributed by atoms with Gasteiger partial charge in [-0.3, -0.25) is 4.79 Å². The Kier molecular flexibility index (Phi) is 3.44. The maximum atomic E-state index is 12.0. The Morgan fingerprint density at radius 1 is 1.38 bits per heavy atom. The lowest BCUT2D eigenvalue weighted by atomic mass is 10.2. The molecule has 0 aliphatic carbocycles. The molecule has 1 aromatic rings. The van der Waals surface area contributed by atoms with Gasteiger partial charge in [0.15, 0.2) is 0 Å². The van der Waals surface area contributed by atoms with Gasteiger partial charge in [-0.2, -0.15) is 0 Å². The van der Waals surface area contributed by atoms with Gasteiger partial charge in [0.05, 0.1) is 11.4 Å². The van der Waals surface area contributed by atoms with E-state index in [4.69, 9.17) is 0 Å². The van der Waals surface area contributed by atoms with Gasteiger partial charge in [-0.1, -0.05) is 25.5 Å². The van der Waals surface area contributed by atoms with Crippen molar-refractivity contribution in [3.63, 3.8) is 0 Å². The Morgan fingerprint density at radius 3 is 3.00 bits per heavy atom. The lowest BCUT2D eigenvalue weighted by Gasteiger charge is -2.22.